The smallest absolute Gasteiger partial charge is 0.321 e. The molecule has 112 valence electrons. The lowest BCUT2D eigenvalue weighted by atomic mass is 10.00. The van der Waals surface area contributed by atoms with Gasteiger partial charge in [-0.1, -0.05) is 20.3 Å². The van der Waals surface area contributed by atoms with Crippen LogP contribution < -0.4 is 16.8 Å². The van der Waals surface area contributed by atoms with Crippen LogP contribution in [0.2, 0.25) is 0 Å². The van der Waals surface area contributed by atoms with Crippen molar-refractivity contribution in [3.05, 3.63) is 0 Å². The van der Waals surface area contributed by atoms with Crippen LogP contribution in [0.5, 0.6) is 0 Å². The van der Waals surface area contributed by atoms with E-state index in [0.29, 0.717) is 0 Å². The minimum atomic E-state index is -1.21. The van der Waals surface area contributed by atoms with Gasteiger partial charge in [0, 0.05) is 0 Å². The molecule has 0 aliphatic heterocycles. The van der Waals surface area contributed by atoms with Crippen LogP contribution in [0.25, 0.3) is 0 Å². The van der Waals surface area contributed by atoms with Gasteiger partial charge in [-0.3, -0.25) is 14.4 Å². The van der Waals surface area contributed by atoms with Crippen LogP contribution in [-0.4, -0.2) is 47.2 Å². The number of primary amides is 1. The monoisotopic (exact) mass is 277 g/mol. The number of likely N-dealkylation sites (N-methyl/N-ethyl adjacent to an activating group) is 1. The number of rotatable bonds is 7. The van der Waals surface area contributed by atoms with E-state index in [2.05, 4.69) is 11.1 Å². The number of nitrogens with one attached hydrogen (secondary N) is 1. The van der Waals surface area contributed by atoms with Crippen LogP contribution in [-0.2, 0) is 14.4 Å². The maximum Gasteiger partial charge on any atom is 0.321 e. The molecule has 0 aliphatic carbocycles. The Balaban J connectivity index is 0. The number of aliphatic carboxylic acids is 2. The number of carboxylic acid groups (broad SMARTS) is 2. The molecule has 3 atom stereocenters. The Hall–Kier alpha value is -1.67. The molecular weight excluding hydrogens is 254 g/mol. The predicted octanol–water partition coefficient (Wildman–Crippen LogP) is -1.02. The van der Waals surface area contributed by atoms with Gasteiger partial charge in [0.1, 0.15) is 12.1 Å². The number of carbonyl (C=O) groups is 3. The van der Waals surface area contributed by atoms with E-state index >= 15 is 0 Å². The third-order valence-corrected chi connectivity index (χ3v) is 2.53. The molecule has 0 radical (unpaired) electrons. The van der Waals surface area contributed by atoms with E-state index in [4.69, 9.17) is 15.9 Å². The summed E-state index contributed by atoms with van der Waals surface area (Å²) in [4.78, 5) is 30.4. The Kier molecular flexibility index (Phi) is 10.6. The topological polar surface area (TPSA) is 156 Å². The molecule has 0 aromatic carbocycles. The fourth-order valence-electron chi connectivity index (χ4n) is 1.19. The van der Waals surface area contributed by atoms with Crippen molar-refractivity contribution in [2.24, 2.45) is 17.4 Å². The summed E-state index contributed by atoms with van der Waals surface area (Å²) in [5.41, 5.74) is 9.57. The molecule has 19 heavy (non-hydrogen) atoms. The van der Waals surface area contributed by atoms with E-state index < -0.39 is 29.9 Å². The van der Waals surface area contributed by atoms with Crippen molar-refractivity contribution in [3.63, 3.8) is 0 Å². The molecule has 0 saturated carbocycles. The summed E-state index contributed by atoms with van der Waals surface area (Å²) in [6.45, 7) is 3.91. The Morgan fingerprint density at radius 2 is 1.68 bits per heavy atom. The SMILES string of the molecule is CCC(C)C(NC)C(=O)O.NC(=O)CC(N)C(=O)O. The van der Waals surface area contributed by atoms with Gasteiger partial charge >= 0.3 is 11.9 Å². The lowest BCUT2D eigenvalue weighted by Gasteiger charge is -2.16. The number of nitrogens with two attached hydrogens (primary N) is 2. The number of hydrogen-bond acceptors (Lipinski definition) is 5. The van der Waals surface area contributed by atoms with E-state index in [1.807, 2.05) is 13.8 Å². The molecule has 8 nitrogen and oxygen atoms in total. The van der Waals surface area contributed by atoms with E-state index in [-0.39, 0.29) is 12.3 Å². The molecule has 3 unspecified atom stereocenters. The van der Waals surface area contributed by atoms with Gasteiger partial charge in [0.05, 0.1) is 6.42 Å². The first-order valence-electron chi connectivity index (χ1n) is 5.84. The third-order valence-electron chi connectivity index (χ3n) is 2.53. The molecule has 8 heteroatoms. The third kappa shape index (κ3) is 9.98. The molecule has 0 heterocycles. The van der Waals surface area contributed by atoms with Crippen molar-refractivity contribution in [1.29, 1.82) is 0 Å². The van der Waals surface area contributed by atoms with E-state index in [1.54, 1.807) is 7.05 Å². The standard InChI is InChI=1S/C7H15NO2.C4H8N2O3/c1-4-5(2)6(8-3)7(9)10;5-2(4(8)9)1-3(6)7/h5-6,8H,4H2,1-3H3,(H,9,10);2H,1,5H2,(H2,6,7)(H,8,9). The Bertz CT molecular complexity index is 309. The van der Waals surface area contributed by atoms with Crippen molar-refractivity contribution in [2.45, 2.75) is 38.8 Å². The summed E-state index contributed by atoms with van der Waals surface area (Å²) in [5, 5.41) is 19.5. The zero-order valence-corrected chi connectivity index (χ0v) is 11.4. The number of carboxylic acids is 2. The van der Waals surface area contributed by atoms with Crippen molar-refractivity contribution in [1.82, 2.24) is 5.32 Å². The zero-order chi connectivity index (χ0) is 15.6. The fraction of sp³-hybridized carbons (Fsp3) is 0.727. The van der Waals surface area contributed by atoms with Crippen LogP contribution in [0.3, 0.4) is 0 Å². The highest BCUT2D eigenvalue weighted by molar-refractivity contribution is 5.83. The maximum atomic E-state index is 10.5. The van der Waals surface area contributed by atoms with Gasteiger partial charge in [-0.25, -0.2) is 0 Å². The van der Waals surface area contributed by atoms with Crippen LogP contribution in [0.15, 0.2) is 0 Å². The lowest BCUT2D eigenvalue weighted by Crippen LogP contribution is -2.39. The molecule has 0 aromatic rings. The van der Waals surface area contributed by atoms with E-state index in [1.165, 1.54) is 0 Å². The van der Waals surface area contributed by atoms with Gasteiger partial charge in [0.2, 0.25) is 5.91 Å². The average molecular weight is 277 g/mol. The first-order chi connectivity index (χ1) is 8.67. The second-order valence-electron chi connectivity index (χ2n) is 4.11. The predicted molar refractivity (Wildman–Crippen MR) is 69.4 cm³/mol. The van der Waals surface area contributed by atoms with Gasteiger partial charge < -0.3 is 27.0 Å². The fourth-order valence-corrected chi connectivity index (χ4v) is 1.19. The Morgan fingerprint density at radius 1 is 1.21 bits per heavy atom. The molecule has 0 aliphatic rings. The summed E-state index contributed by atoms with van der Waals surface area (Å²) < 4.78 is 0. The van der Waals surface area contributed by atoms with Crippen molar-refractivity contribution >= 4 is 17.8 Å². The molecule has 0 saturated heterocycles. The summed E-state index contributed by atoms with van der Waals surface area (Å²) in [6.07, 6.45) is 0.577. The van der Waals surface area contributed by atoms with E-state index in [0.717, 1.165) is 6.42 Å². The highest BCUT2D eigenvalue weighted by Gasteiger charge is 2.20. The Labute approximate surface area is 112 Å². The summed E-state index contributed by atoms with van der Waals surface area (Å²) in [5.74, 6) is -2.49. The van der Waals surface area contributed by atoms with Gasteiger partial charge in [0.25, 0.3) is 0 Å². The van der Waals surface area contributed by atoms with Crippen molar-refractivity contribution in [2.75, 3.05) is 7.05 Å². The quantitative estimate of drug-likeness (QED) is 0.398. The highest BCUT2D eigenvalue weighted by Crippen LogP contribution is 2.06. The van der Waals surface area contributed by atoms with Gasteiger partial charge in [0.15, 0.2) is 0 Å². The number of carbonyl (C=O) groups excluding carboxylic acids is 1. The van der Waals surface area contributed by atoms with Crippen molar-refractivity contribution in [3.8, 4) is 0 Å². The normalized spacial score (nSPS) is 14.5. The molecule has 0 fully saturated rings. The Morgan fingerprint density at radius 3 is 1.79 bits per heavy atom. The second-order valence-corrected chi connectivity index (χ2v) is 4.11. The minimum Gasteiger partial charge on any atom is -0.480 e. The van der Waals surface area contributed by atoms with Gasteiger partial charge in [-0.15, -0.1) is 0 Å². The number of hydrogen-bond donors (Lipinski definition) is 5. The van der Waals surface area contributed by atoms with E-state index in [9.17, 15) is 14.4 Å². The minimum absolute atomic E-state index is 0.197. The van der Waals surface area contributed by atoms with Gasteiger partial charge in [-0.2, -0.15) is 0 Å². The van der Waals surface area contributed by atoms with Crippen LogP contribution in [0.4, 0.5) is 0 Å². The van der Waals surface area contributed by atoms with Crippen LogP contribution in [0.1, 0.15) is 26.7 Å². The van der Waals surface area contributed by atoms with Gasteiger partial charge in [-0.05, 0) is 13.0 Å². The number of amides is 1. The zero-order valence-electron chi connectivity index (χ0n) is 11.4. The second kappa shape index (κ2) is 10.3. The lowest BCUT2D eigenvalue weighted by molar-refractivity contribution is -0.141. The molecular formula is C11H23N3O5. The molecule has 0 bridgehead atoms. The largest absolute Gasteiger partial charge is 0.480 e. The molecule has 0 spiro atoms. The first-order valence-corrected chi connectivity index (χ1v) is 5.84. The van der Waals surface area contributed by atoms with Crippen molar-refractivity contribution < 1.29 is 24.6 Å². The van der Waals surface area contributed by atoms with Crippen LogP contribution in [0, 0.1) is 5.92 Å². The van der Waals surface area contributed by atoms with Crippen LogP contribution >= 0.6 is 0 Å². The average Bonchev–Trinajstić information content (AvgIpc) is 2.28. The summed E-state index contributed by atoms with van der Waals surface area (Å²) in [7, 11) is 1.67. The highest BCUT2D eigenvalue weighted by atomic mass is 16.4. The summed E-state index contributed by atoms with van der Waals surface area (Å²) >= 11 is 0. The maximum absolute atomic E-state index is 10.5. The summed E-state index contributed by atoms with van der Waals surface area (Å²) in [6, 6.07) is -1.56. The molecule has 0 rings (SSSR count). The first kappa shape index (κ1) is 19.7. The molecule has 1 amide bonds. The molecule has 0 aromatic heterocycles. The molecule has 7 N–H and O–H groups in total.